The van der Waals surface area contributed by atoms with Crippen molar-refractivity contribution in [2.24, 2.45) is 0 Å². The van der Waals surface area contributed by atoms with Crippen molar-refractivity contribution >= 4 is 11.4 Å². The fraction of sp³-hybridized carbons (Fsp3) is 0.250. The standard InChI is InChI=1S/C16H18N2O/c1-19-14-6-4-13(5-7-14)18-16-9-2-11-10-12(17)3-8-15(11)16/h3-8,10,16,18H,2,9,17H2,1H3. The molecule has 1 unspecified atom stereocenters. The zero-order valence-corrected chi connectivity index (χ0v) is 11.0. The second-order valence-electron chi connectivity index (χ2n) is 4.92. The van der Waals surface area contributed by atoms with Crippen molar-refractivity contribution in [2.75, 3.05) is 18.2 Å². The maximum absolute atomic E-state index is 5.83. The molecular weight excluding hydrogens is 236 g/mol. The van der Waals surface area contributed by atoms with Gasteiger partial charge < -0.3 is 15.8 Å². The molecule has 0 spiro atoms. The number of nitrogens with two attached hydrogens (primary N) is 1. The van der Waals surface area contributed by atoms with Crippen LogP contribution in [0.1, 0.15) is 23.6 Å². The van der Waals surface area contributed by atoms with Gasteiger partial charge in [0.2, 0.25) is 0 Å². The first-order valence-electron chi connectivity index (χ1n) is 6.55. The summed E-state index contributed by atoms with van der Waals surface area (Å²) in [5.41, 5.74) is 10.5. The summed E-state index contributed by atoms with van der Waals surface area (Å²) < 4.78 is 5.17. The number of fused-ring (bicyclic) bond motifs is 1. The van der Waals surface area contributed by atoms with Gasteiger partial charge in [0.05, 0.1) is 13.2 Å². The number of nitrogen functional groups attached to an aromatic ring is 1. The summed E-state index contributed by atoms with van der Waals surface area (Å²) in [6.07, 6.45) is 2.21. The minimum absolute atomic E-state index is 0.379. The minimum atomic E-state index is 0.379. The lowest BCUT2D eigenvalue weighted by Gasteiger charge is -2.16. The quantitative estimate of drug-likeness (QED) is 0.825. The SMILES string of the molecule is COc1ccc(NC2CCc3cc(N)ccc32)cc1. The molecule has 2 aromatic rings. The Morgan fingerprint density at radius 2 is 1.95 bits per heavy atom. The van der Waals surface area contributed by atoms with Gasteiger partial charge in [0.1, 0.15) is 5.75 Å². The summed E-state index contributed by atoms with van der Waals surface area (Å²) in [5, 5.41) is 3.57. The van der Waals surface area contributed by atoms with E-state index in [9.17, 15) is 0 Å². The van der Waals surface area contributed by atoms with E-state index in [2.05, 4.69) is 17.4 Å². The predicted molar refractivity (Wildman–Crippen MR) is 78.5 cm³/mol. The molecule has 1 aliphatic rings. The first-order valence-corrected chi connectivity index (χ1v) is 6.55. The van der Waals surface area contributed by atoms with E-state index in [0.29, 0.717) is 6.04 Å². The Kier molecular flexibility index (Phi) is 3.03. The minimum Gasteiger partial charge on any atom is -0.497 e. The predicted octanol–water partition coefficient (Wildman–Crippen LogP) is 3.38. The zero-order chi connectivity index (χ0) is 13.2. The maximum atomic E-state index is 5.83. The highest BCUT2D eigenvalue weighted by Gasteiger charge is 2.22. The van der Waals surface area contributed by atoms with Crippen molar-refractivity contribution in [1.82, 2.24) is 0 Å². The van der Waals surface area contributed by atoms with Crippen LogP contribution < -0.4 is 15.8 Å². The van der Waals surface area contributed by atoms with Gasteiger partial charge in [-0.3, -0.25) is 0 Å². The van der Waals surface area contributed by atoms with Crippen LogP contribution in [-0.2, 0) is 6.42 Å². The van der Waals surface area contributed by atoms with Gasteiger partial charge in [-0.2, -0.15) is 0 Å². The molecule has 19 heavy (non-hydrogen) atoms. The fourth-order valence-electron chi connectivity index (χ4n) is 2.68. The van der Waals surface area contributed by atoms with E-state index < -0.39 is 0 Å². The Hall–Kier alpha value is -2.16. The van der Waals surface area contributed by atoms with Gasteiger partial charge >= 0.3 is 0 Å². The van der Waals surface area contributed by atoms with Gasteiger partial charge in [-0.1, -0.05) is 6.07 Å². The van der Waals surface area contributed by atoms with Crippen LogP contribution in [0.5, 0.6) is 5.75 Å². The van der Waals surface area contributed by atoms with Gasteiger partial charge in [0.25, 0.3) is 0 Å². The topological polar surface area (TPSA) is 47.3 Å². The lowest BCUT2D eigenvalue weighted by molar-refractivity contribution is 0.415. The van der Waals surface area contributed by atoms with Crippen molar-refractivity contribution in [3.05, 3.63) is 53.6 Å². The molecule has 3 nitrogen and oxygen atoms in total. The van der Waals surface area contributed by atoms with Gasteiger partial charge in [0, 0.05) is 11.4 Å². The molecular formula is C16H18N2O. The van der Waals surface area contributed by atoms with Crippen molar-refractivity contribution < 1.29 is 4.74 Å². The fourth-order valence-corrected chi connectivity index (χ4v) is 2.68. The third kappa shape index (κ3) is 2.36. The first-order chi connectivity index (χ1) is 9.26. The van der Waals surface area contributed by atoms with Crippen LogP contribution in [0.15, 0.2) is 42.5 Å². The molecule has 1 atom stereocenters. The average Bonchev–Trinajstić information content (AvgIpc) is 2.82. The molecule has 0 aromatic heterocycles. The van der Waals surface area contributed by atoms with E-state index in [1.54, 1.807) is 7.11 Å². The van der Waals surface area contributed by atoms with Crippen LogP contribution in [0.25, 0.3) is 0 Å². The van der Waals surface area contributed by atoms with Crippen LogP contribution in [0, 0.1) is 0 Å². The molecule has 0 amide bonds. The van der Waals surface area contributed by atoms with E-state index in [4.69, 9.17) is 10.5 Å². The van der Waals surface area contributed by atoms with Crippen molar-refractivity contribution in [3.63, 3.8) is 0 Å². The van der Waals surface area contributed by atoms with Crippen LogP contribution in [0.3, 0.4) is 0 Å². The van der Waals surface area contributed by atoms with Crippen molar-refractivity contribution in [1.29, 1.82) is 0 Å². The van der Waals surface area contributed by atoms with Crippen LogP contribution in [0.2, 0.25) is 0 Å². The molecule has 1 aliphatic carbocycles. The second-order valence-corrected chi connectivity index (χ2v) is 4.92. The molecule has 0 fully saturated rings. The monoisotopic (exact) mass is 254 g/mol. The lowest BCUT2D eigenvalue weighted by atomic mass is 10.1. The molecule has 2 aromatic carbocycles. The molecule has 3 heteroatoms. The third-order valence-corrected chi connectivity index (χ3v) is 3.68. The van der Waals surface area contributed by atoms with E-state index in [1.165, 1.54) is 11.1 Å². The smallest absolute Gasteiger partial charge is 0.119 e. The largest absolute Gasteiger partial charge is 0.497 e. The Bertz CT molecular complexity index is 578. The molecule has 0 saturated carbocycles. The van der Waals surface area contributed by atoms with E-state index in [-0.39, 0.29) is 0 Å². The zero-order valence-electron chi connectivity index (χ0n) is 11.0. The Balaban J connectivity index is 1.78. The number of anilines is 2. The number of rotatable bonds is 3. The van der Waals surface area contributed by atoms with Gasteiger partial charge in [-0.15, -0.1) is 0 Å². The second kappa shape index (κ2) is 4.84. The third-order valence-electron chi connectivity index (χ3n) is 3.68. The number of aryl methyl sites for hydroxylation is 1. The molecule has 0 heterocycles. The Morgan fingerprint density at radius 1 is 1.16 bits per heavy atom. The van der Waals surface area contributed by atoms with E-state index in [1.807, 2.05) is 30.3 Å². The number of ether oxygens (including phenoxy) is 1. The molecule has 0 saturated heterocycles. The molecule has 98 valence electrons. The Labute approximate surface area is 113 Å². The summed E-state index contributed by atoms with van der Waals surface area (Å²) >= 11 is 0. The molecule has 3 N–H and O–H groups in total. The molecule has 0 bridgehead atoms. The van der Waals surface area contributed by atoms with Gasteiger partial charge in [0.15, 0.2) is 0 Å². The summed E-state index contributed by atoms with van der Waals surface area (Å²) in [6, 6.07) is 14.6. The lowest BCUT2D eigenvalue weighted by Crippen LogP contribution is -2.07. The summed E-state index contributed by atoms with van der Waals surface area (Å²) in [7, 11) is 1.68. The van der Waals surface area contributed by atoms with E-state index >= 15 is 0 Å². The number of benzene rings is 2. The number of hydrogen-bond acceptors (Lipinski definition) is 3. The normalized spacial score (nSPS) is 17.0. The van der Waals surface area contributed by atoms with Crippen LogP contribution in [-0.4, -0.2) is 7.11 Å². The Morgan fingerprint density at radius 3 is 2.68 bits per heavy atom. The maximum Gasteiger partial charge on any atom is 0.119 e. The summed E-state index contributed by atoms with van der Waals surface area (Å²) in [5.74, 6) is 0.880. The highest BCUT2D eigenvalue weighted by Crippen LogP contribution is 2.35. The van der Waals surface area contributed by atoms with Crippen molar-refractivity contribution in [3.8, 4) is 5.75 Å². The number of methoxy groups -OCH3 is 1. The van der Waals surface area contributed by atoms with Gasteiger partial charge in [-0.05, 0) is 60.4 Å². The van der Waals surface area contributed by atoms with Crippen molar-refractivity contribution in [2.45, 2.75) is 18.9 Å². The number of hydrogen-bond donors (Lipinski definition) is 2. The summed E-state index contributed by atoms with van der Waals surface area (Å²) in [6.45, 7) is 0. The van der Waals surface area contributed by atoms with Gasteiger partial charge in [-0.25, -0.2) is 0 Å². The molecule has 0 radical (unpaired) electrons. The van der Waals surface area contributed by atoms with Crippen LogP contribution >= 0.6 is 0 Å². The van der Waals surface area contributed by atoms with Crippen LogP contribution in [0.4, 0.5) is 11.4 Å². The summed E-state index contributed by atoms with van der Waals surface area (Å²) in [4.78, 5) is 0. The number of nitrogens with one attached hydrogen (secondary N) is 1. The highest BCUT2D eigenvalue weighted by molar-refractivity contribution is 5.53. The van der Waals surface area contributed by atoms with E-state index in [0.717, 1.165) is 30.0 Å². The molecule has 3 rings (SSSR count). The highest BCUT2D eigenvalue weighted by atomic mass is 16.5. The average molecular weight is 254 g/mol. The first kappa shape index (κ1) is 11.9. The molecule has 0 aliphatic heterocycles.